The van der Waals surface area contributed by atoms with Crippen molar-refractivity contribution in [3.05, 3.63) is 45.4 Å². The molecular formula is C15H20N2OS. The highest BCUT2D eigenvalue weighted by Gasteiger charge is 2.16. The molecule has 0 aliphatic heterocycles. The normalized spacial score (nSPS) is 12.4. The Hall–Kier alpha value is -1.39. The first kappa shape index (κ1) is 14.0. The predicted molar refractivity (Wildman–Crippen MR) is 80.1 cm³/mol. The molecule has 0 aliphatic carbocycles. The van der Waals surface area contributed by atoms with Crippen molar-refractivity contribution < 1.29 is 4.74 Å². The van der Waals surface area contributed by atoms with Crippen molar-refractivity contribution in [2.45, 2.75) is 26.3 Å². The van der Waals surface area contributed by atoms with E-state index in [2.05, 4.69) is 30.2 Å². The molecule has 0 saturated carbocycles. The van der Waals surface area contributed by atoms with Crippen molar-refractivity contribution in [2.24, 2.45) is 0 Å². The van der Waals surface area contributed by atoms with Gasteiger partial charge < -0.3 is 10.1 Å². The maximum atomic E-state index is 5.44. The van der Waals surface area contributed by atoms with Crippen LogP contribution in [0.15, 0.2) is 24.3 Å². The van der Waals surface area contributed by atoms with Crippen LogP contribution in [0.4, 0.5) is 0 Å². The molecule has 1 atom stereocenters. The summed E-state index contributed by atoms with van der Waals surface area (Å²) in [4.78, 5) is 5.91. The highest BCUT2D eigenvalue weighted by molar-refractivity contribution is 7.11. The smallest absolute Gasteiger partial charge is 0.123 e. The molecule has 0 fully saturated rings. The number of para-hydroxylation sites is 1. The van der Waals surface area contributed by atoms with Crippen molar-refractivity contribution in [1.82, 2.24) is 10.3 Å². The van der Waals surface area contributed by atoms with Crippen LogP contribution in [-0.4, -0.2) is 19.1 Å². The van der Waals surface area contributed by atoms with Crippen LogP contribution in [0.25, 0.3) is 0 Å². The monoisotopic (exact) mass is 276 g/mol. The summed E-state index contributed by atoms with van der Waals surface area (Å²) in [7, 11) is 3.69. The van der Waals surface area contributed by atoms with Gasteiger partial charge in [0.1, 0.15) is 5.75 Å². The first-order valence-corrected chi connectivity index (χ1v) is 7.20. The summed E-state index contributed by atoms with van der Waals surface area (Å²) in [6.07, 6.45) is 0.885. The van der Waals surface area contributed by atoms with Gasteiger partial charge in [0.2, 0.25) is 0 Å². The SMILES string of the molecule is CNC(Cc1nc(C)c(C)s1)c1ccccc1OC. The highest BCUT2D eigenvalue weighted by Crippen LogP contribution is 2.28. The lowest BCUT2D eigenvalue weighted by Gasteiger charge is -2.18. The van der Waals surface area contributed by atoms with Crippen LogP contribution < -0.4 is 10.1 Å². The third-order valence-corrected chi connectivity index (χ3v) is 4.41. The maximum absolute atomic E-state index is 5.44. The van der Waals surface area contributed by atoms with E-state index in [0.717, 1.165) is 17.9 Å². The van der Waals surface area contributed by atoms with E-state index in [-0.39, 0.29) is 6.04 Å². The lowest BCUT2D eigenvalue weighted by Crippen LogP contribution is -2.19. The molecule has 1 heterocycles. The van der Waals surface area contributed by atoms with Crippen LogP contribution in [0.3, 0.4) is 0 Å². The second-order valence-electron chi connectivity index (χ2n) is 4.54. The molecule has 1 N–H and O–H groups in total. The van der Waals surface area contributed by atoms with Gasteiger partial charge in [0, 0.05) is 22.9 Å². The minimum absolute atomic E-state index is 0.223. The van der Waals surface area contributed by atoms with Gasteiger partial charge in [0.05, 0.1) is 17.8 Å². The minimum Gasteiger partial charge on any atom is -0.496 e. The summed E-state index contributed by atoms with van der Waals surface area (Å²) in [6.45, 7) is 4.18. The standard InChI is InChI=1S/C15H20N2OS/c1-10-11(2)19-15(17-10)9-13(16-3)12-7-5-6-8-14(12)18-4/h5-8,13,16H,9H2,1-4H3. The summed E-state index contributed by atoms with van der Waals surface area (Å²) in [5.41, 5.74) is 2.31. The van der Waals surface area contributed by atoms with Gasteiger partial charge in [-0.05, 0) is 27.0 Å². The average molecular weight is 276 g/mol. The van der Waals surface area contributed by atoms with Crippen molar-refractivity contribution >= 4 is 11.3 Å². The Labute approximate surface area is 118 Å². The zero-order valence-electron chi connectivity index (χ0n) is 11.9. The van der Waals surface area contributed by atoms with Crippen molar-refractivity contribution in [3.63, 3.8) is 0 Å². The summed E-state index contributed by atoms with van der Waals surface area (Å²) in [5, 5.41) is 4.52. The second-order valence-corrected chi connectivity index (χ2v) is 5.82. The average Bonchev–Trinajstić information content (AvgIpc) is 2.75. The van der Waals surface area contributed by atoms with E-state index in [1.807, 2.05) is 25.2 Å². The molecule has 0 spiro atoms. The highest BCUT2D eigenvalue weighted by atomic mass is 32.1. The fourth-order valence-electron chi connectivity index (χ4n) is 2.12. The van der Waals surface area contributed by atoms with Crippen LogP contribution in [0.5, 0.6) is 5.75 Å². The molecule has 4 heteroatoms. The number of ether oxygens (including phenoxy) is 1. The predicted octanol–water partition coefficient (Wildman–Crippen LogP) is 3.27. The zero-order chi connectivity index (χ0) is 13.8. The van der Waals surface area contributed by atoms with Gasteiger partial charge in [-0.3, -0.25) is 0 Å². The molecule has 0 amide bonds. The summed E-state index contributed by atoms with van der Waals surface area (Å²) >= 11 is 1.77. The molecule has 1 aromatic heterocycles. The van der Waals surface area contributed by atoms with Gasteiger partial charge in [-0.2, -0.15) is 0 Å². The fraction of sp³-hybridized carbons (Fsp3) is 0.400. The van der Waals surface area contributed by atoms with E-state index in [1.54, 1.807) is 18.4 Å². The molecule has 1 unspecified atom stereocenters. The van der Waals surface area contributed by atoms with Crippen LogP contribution in [0.1, 0.15) is 27.2 Å². The molecule has 2 aromatic rings. The van der Waals surface area contributed by atoms with Gasteiger partial charge in [0.15, 0.2) is 0 Å². The molecule has 102 valence electrons. The minimum atomic E-state index is 0.223. The van der Waals surface area contributed by atoms with Gasteiger partial charge in [-0.25, -0.2) is 4.98 Å². The third kappa shape index (κ3) is 3.14. The lowest BCUT2D eigenvalue weighted by atomic mass is 10.0. The summed E-state index contributed by atoms with van der Waals surface area (Å²) in [5.74, 6) is 0.923. The molecule has 0 bridgehead atoms. The fourth-order valence-corrected chi connectivity index (χ4v) is 3.10. The van der Waals surface area contributed by atoms with Gasteiger partial charge in [-0.1, -0.05) is 18.2 Å². The first-order chi connectivity index (χ1) is 9.15. The van der Waals surface area contributed by atoms with E-state index in [1.165, 1.54) is 15.4 Å². The Balaban J connectivity index is 2.24. The molecule has 3 nitrogen and oxygen atoms in total. The van der Waals surface area contributed by atoms with E-state index >= 15 is 0 Å². The van der Waals surface area contributed by atoms with Crippen LogP contribution in [0, 0.1) is 13.8 Å². The van der Waals surface area contributed by atoms with Crippen LogP contribution in [-0.2, 0) is 6.42 Å². The number of aromatic nitrogens is 1. The van der Waals surface area contributed by atoms with Gasteiger partial charge >= 0.3 is 0 Å². The Kier molecular flexibility index (Phi) is 4.56. The van der Waals surface area contributed by atoms with E-state index in [4.69, 9.17) is 4.74 Å². The zero-order valence-corrected chi connectivity index (χ0v) is 12.7. The topological polar surface area (TPSA) is 34.2 Å². The van der Waals surface area contributed by atoms with Crippen molar-refractivity contribution in [3.8, 4) is 5.75 Å². The number of hydrogen-bond acceptors (Lipinski definition) is 4. The number of methoxy groups -OCH3 is 1. The van der Waals surface area contributed by atoms with E-state index < -0.39 is 0 Å². The van der Waals surface area contributed by atoms with Crippen molar-refractivity contribution in [1.29, 1.82) is 0 Å². The molecule has 2 rings (SSSR count). The number of thiazole rings is 1. The number of hydrogen-bond donors (Lipinski definition) is 1. The van der Waals surface area contributed by atoms with E-state index in [0.29, 0.717) is 0 Å². The maximum Gasteiger partial charge on any atom is 0.123 e. The Morgan fingerprint density at radius 3 is 2.63 bits per heavy atom. The Morgan fingerprint density at radius 1 is 1.32 bits per heavy atom. The number of nitrogens with one attached hydrogen (secondary N) is 1. The number of aryl methyl sites for hydroxylation is 2. The molecule has 19 heavy (non-hydrogen) atoms. The lowest BCUT2D eigenvalue weighted by molar-refractivity contribution is 0.401. The molecule has 0 aliphatic rings. The quantitative estimate of drug-likeness (QED) is 0.910. The summed E-state index contributed by atoms with van der Waals surface area (Å²) in [6, 6.07) is 8.36. The number of nitrogens with zero attached hydrogens (tertiary/aromatic N) is 1. The largest absolute Gasteiger partial charge is 0.496 e. The Morgan fingerprint density at radius 2 is 2.05 bits per heavy atom. The van der Waals surface area contributed by atoms with Crippen LogP contribution >= 0.6 is 11.3 Å². The molecule has 1 aromatic carbocycles. The number of likely N-dealkylation sites (N-methyl/N-ethyl adjacent to an activating group) is 1. The Bertz CT molecular complexity index is 531. The van der Waals surface area contributed by atoms with Crippen LogP contribution in [0.2, 0.25) is 0 Å². The van der Waals surface area contributed by atoms with E-state index in [9.17, 15) is 0 Å². The molecule has 0 saturated heterocycles. The summed E-state index contributed by atoms with van der Waals surface area (Å²) < 4.78 is 5.44. The third-order valence-electron chi connectivity index (χ3n) is 3.31. The van der Waals surface area contributed by atoms with Gasteiger partial charge in [-0.15, -0.1) is 11.3 Å². The molecular weight excluding hydrogens is 256 g/mol. The number of rotatable bonds is 5. The molecule has 0 radical (unpaired) electrons. The van der Waals surface area contributed by atoms with Gasteiger partial charge in [0.25, 0.3) is 0 Å². The second kappa shape index (κ2) is 6.17. The van der Waals surface area contributed by atoms with Crippen molar-refractivity contribution in [2.75, 3.05) is 14.2 Å². The first-order valence-electron chi connectivity index (χ1n) is 6.38. The number of benzene rings is 1.